The summed E-state index contributed by atoms with van der Waals surface area (Å²) in [7, 11) is 1.91. The molecule has 88 valence electrons. The molecule has 0 aliphatic heterocycles. The molecule has 0 spiro atoms. The second kappa shape index (κ2) is 4.45. The Morgan fingerprint density at radius 3 is 2.94 bits per heavy atom. The SMILES string of the molecule is CNc1cc(C2CC2)nc(Cc2cccs2)n1. The Kier molecular flexibility index (Phi) is 2.81. The molecule has 3 rings (SSSR count). The molecule has 1 saturated carbocycles. The predicted octanol–water partition coefficient (Wildman–Crippen LogP) is 3.05. The van der Waals surface area contributed by atoms with E-state index in [9.17, 15) is 0 Å². The van der Waals surface area contributed by atoms with Crippen molar-refractivity contribution in [2.24, 2.45) is 0 Å². The standard InChI is InChI=1S/C13H15N3S/c1-14-12-8-11(9-4-5-9)15-13(16-12)7-10-3-2-6-17-10/h2-3,6,8-9H,4-5,7H2,1H3,(H,14,15,16). The Balaban J connectivity index is 1.89. The van der Waals surface area contributed by atoms with Crippen LogP contribution in [0.25, 0.3) is 0 Å². The van der Waals surface area contributed by atoms with Gasteiger partial charge in [0.2, 0.25) is 0 Å². The van der Waals surface area contributed by atoms with Gasteiger partial charge >= 0.3 is 0 Å². The third kappa shape index (κ3) is 2.47. The number of hydrogen-bond donors (Lipinski definition) is 1. The van der Waals surface area contributed by atoms with Gasteiger partial charge in [0.1, 0.15) is 11.6 Å². The first kappa shape index (κ1) is 10.7. The summed E-state index contributed by atoms with van der Waals surface area (Å²) in [4.78, 5) is 10.5. The minimum atomic E-state index is 0.673. The predicted molar refractivity (Wildman–Crippen MR) is 70.7 cm³/mol. The number of aromatic nitrogens is 2. The Morgan fingerprint density at radius 1 is 1.41 bits per heavy atom. The molecule has 1 aliphatic rings. The first-order chi connectivity index (χ1) is 8.35. The van der Waals surface area contributed by atoms with Gasteiger partial charge in [-0.25, -0.2) is 9.97 Å². The topological polar surface area (TPSA) is 37.8 Å². The Hall–Kier alpha value is -1.42. The van der Waals surface area contributed by atoms with E-state index in [2.05, 4.69) is 38.9 Å². The van der Waals surface area contributed by atoms with Crippen LogP contribution in [0.2, 0.25) is 0 Å². The molecular formula is C13H15N3S. The van der Waals surface area contributed by atoms with Crippen LogP contribution in [0.3, 0.4) is 0 Å². The van der Waals surface area contributed by atoms with Gasteiger partial charge in [0.05, 0.1) is 0 Å². The zero-order valence-corrected chi connectivity index (χ0v) is 10.6. The first-order valence-corrected chi connectivity index (χ1v) is 6.81. The summed E-state index contributed by atoms with van der Waals surface area (Å²) in [6, 6.07) is 6.29. The van der Waals surface area contributed by atoms with E-state index in [0.29, 0.717) is 5.92 Å². The van der Waals surface area contributed by atoms with Gasteiger partial charge in [-0.1, -0.05) is 6.07 Å². The van der Waals surface area contributed by atoms with Crippen LogP contribution in [0.4, 0.5) is 5.82 Å². The fraction of sp³-hybridized carbons (Fsp3) is 0.385. The van der Waals surface area contributed by atoms with E-state index in [1.165, 1.54) is 23.4 Å². The van der Waals surface area contributed by atoms with Crippen molar-refractivity contribution in [2.75, 3.05) is 12.4 Å². The van der Waals surface area contributed by atoms with Crippen LogP contribution in [0.5, 0.6) is 0 Å². The maximum Gasteiger partial charge on any atom is 0.136 e. The first-order valence-electron chi connectivity index (χ1n) is 5.93. The van der Waals surface area contributed by atoms with Crippen molar-refractivity contribution in [1.82, 2.24) is 9.97 Å². The maximum absolute atomic E-state index is 4.67. The molecule has 0 aromatic carbocycles. The average Bonchev–Trinajstić information content (AvgIpc) is 3.09. The fourth-order valence-electron chi connectivity index (χ4n) is 1.88. The van der Waals surface area contributed by atoms with Gasteiger partial charge in [-0.05, 0) is 24.3 Å². The largest absolute Gasteiger partial charge is 0.373 e. The zero-order valence-electron chi connectivity index (χ0n) is 9.81. The second-order valence-electron chi connectivity index (χ2n) is 4.37. The van der Waals surface area contributed by atoms with E-state index < -0.39 is 0 Å². The molecule has 1 aliphatic carbocycles. The Bertz CT molecular complexity index is 503. The van der Waals surface area contributed by atoms with Gasteiger partial charge in [-0.2, -0.15) is 0 Å². The molecule has 1 N–H and O–H groups in total. The van der Waals surface area contributed by atoms with Crippen LogP contribution in [-0.4, -0.2) is 17.0 Å². The molecule has 0 radical (unpaired) electrons. The molecule has 0 bridgehead atoms. The number of thiophene rings is 1. The Labute approximate surface area is 105 Å². The third-order valence-electron chi connectivity index (χ3n) is 2.96. The molecule has 0 atom stereocenters. The molecule has 3 nitrogen and oxygen atoms in total. The molecular weight excluding hydrogens is 230 g/mol. The van der Waals surface area contributed by atoms with Crippen LogP contribution in [0.15, 0.2) is 23.6 Å². The van der Waals surface area contributed by atoms with E-state index >= 15 is 0 Å². The fourth-order valence-corrected chi connectivity index (χ4v) is 2.58. The highest BCUT2D eigenvalue weighted by Crippen LogP contribution is 2.39. The quantitative estimate of drug-likeness (QED) is 0.899. The monoisotopic (exact) mass is 245 g/mol. The lowest BCUT2D eigenvalue weighted by Gasteiger charge is -2.06. The molecule has 1 fully saturated rings. The smallest absolute Gasteiger partial charge is 0.136 e. The maximum atomic E-state index is 4.67. The lowest BCUT2D eigenvalue weighted by molar-refractivity contribution is 0.907. The number of nitrogens with one attached hydrogen (secondary N) is 1. The summed E-state index contributed by atoms with van der Waals surface area (Å²) in [6.07, 6.45) is 3.39. The highest BCUT2D eigenvalue weighted by atomic mass is 32.1. The van der Waals surface area contributed by atoms with E-state index in [4.69, 9.17) is 0 Å². The van der Waals surface area contributed by atoms with E-state index in [-0.39, 0.29) is 0 Å². The highest BCUT2D eigenvalue weighted by molar-refractivity contribution is 7.09. The third-order valence-corrected chi connectivity index (χ3v) is 3.83. The molecule has 2 aromatic heterocycles. The lowest BCUT2D eigenvalue weighted by Crippen LogP contribution is -2.03. The van der Waals surface area contributed by atoms with Gasteiger partial charge in [0.15, 0.2) is 0 Å². The summed E-state index contributed by atoms with van der Waals surface area (Å²) >= 11 is 1.76. The van der Waals surface area contributed by atoms with Gasteiger partial charge in [0, 0.05) is 36.0 Å². The minimum absolute atomic E-state index is 0.673. The number of rotatable bonds is 4. The van der Waals surface area contributed by atoms with Crippen molar-refractivity contribution < 1.29 is 0 Å². The summed E-state index contributed by atoms with van der Waals surface area (Å²) in [5.74, 6) is 2.54. The van der Waals surface area contributed by atoms with Crippen LogP contribution in [-0.2, 0) is 6.42 Å². The van der Waals surface area contributed by atoms with E-state index in [1.54, 1.807) is 11.3 Å². The molecule has 2 aromatic rings. The molecule has 0 unspecified atom stereocenters. The van der Waals surface area contributed by atoms with Crippen molar-refractivity contribution in [2.45, 2.75) is 25.2 Å². The van der Waals surface area contributed by atoms with Gasteiger partial charge in [-0.15, -0.1) is 11.3 Å². The number of hydrogen-bond acceptors (Lipinski definition) is 4. The minimum Gasteiger partial charge on any atom is -0.373 e. The van der Waals surface area contributed by atoms with Gasteiger partial charge in [-0.3, -0.25) is 0 Å². The second-order valence-corrected chi connectivity index (χ2v) is 5.41. The number of anilines is 1. The molecule has 0 amide bonds. The van der Waals surface area contributed by atoms with Crippen LogP contribution < -0.4 is 5.32 Å². The van der Waals surface area contributed by atoms with Crippen molar-refractivity contribution in [1.29, 1.82) is 0 Å². The van der Waals surface area contributed by atoms with E-state index in [0.717, 1.165) is 18.1 Å². The average molecular weight is 245 g/mol. The van der Waals surface area contributed by atoms with Gasteiger partial charge < -0.3 is 5.32 Å². The van der Waals surface area contributed by atoms with Crippen LogP contribution in [0.1, 0.15) is 35.2 Å². The number of nitrogens with zero attached hydrogens (tertiary/aromatic N) is 2. The van der Waals surface area contributed by atoms with Crippen molar-refractivity contribution in [3.05, 3.63) is 40.0 Å². The summed E-state index contributed by atoms with van der Waals surface area (Å²) in [5.41, 5.74) is 1.20. The van der Waals surface area contributed by atoms with Gasteiger partial charge in [0.25, 0.3) is 0 Å². The van der Waals surface area contributed by atoms with Crippen molar-refractivity contribution >= 4 is 17.2 Å². The Morgan fingerprint density at radius 2 is 2.29 bits per heavy atom. The van der Waals surface area contributed by atoms with Crippen LogP contribution >= 0.6 is 11.3 Å². The van der Waals surface area contributed by atoms with Crippen LogP contribution in [0, 0.1) is 0 Å². The highest BCUT2D eigenvalue weighted by Gasteiger charge is 2.26. The summed E-state index contributed by atoms with van der Waals surface area (Å²) in [5, 5.41) is 5.22. The van der Waals surface area contributed by atoms with Crippen molar-refractivity contribution in [3.8, 4) is 0 Å². The molecule has 4 heteroatoms. The summed E-state index contributed by atoms with van der Waals surface area (Å²) in [6.45, 7) is 0. The lowest BCUT2D eigenvalue weighted by atomic mass is 10.2. The normalized spacial score (nSPS) is 14.9. The zero-order chi connectivity index (χ0) is 11.7. The van der Waals surface area contributed by atoms with E-state index in [1.807, 2.05) is 7.05 Å². The summed E-state index contributed by atoms with van der Waals surface area (Å²) < 4.78 is 0. The molecule has 17 heavy (non-hydrogen) atoms. The molecule has 2 heterocycles. The van der Waals surface area contributed by atoms with Crippen molar-refractivity contribution in [3.63, 3.8) is 0 Å². The molecule has 0 saturated heterocycles.